The van der Waals surface area contributed by atoms with Crippen molar-refractivity contribution in [2.75, 3.05) is 0 Å². The Morgan fingerprint density at radius 3 is 2.61 bits per heavy atom. The average molecular weight is 353 g/mol. The number of rotatable bonds is 2. The summed E-state index contributed by atoms with van der Waals surface area (Å²) in [5, 5.41) is 8.70. The van der Waals surface area contributed by atoms with Gasteiger partial charge in [0.1, 0.15) is 11.6 Å². The van der Waals surface area contributed by atoms with Crippen molar-refractivity contribution in [3.05, 3.63) is 62.1 Å². The molecule has 0 amide bonds. The molecule has 2 N–H and O–H groups in total. The van der Waals surface area contributed by atoms with Crippen molar-refractivity contribution in [1.82, 2.24) is 9.97 Å². The number of nitrogens with one attached hydrogen (secondary N) is 1. The van der Waals surface area contributed by atoms with E-state index in [4.69, 9.17) is 28.3 Å². The minimum atomic E-state index is -1.42. The molecule has 1 heterocycles. The lowest BCUT2D eigenvalue weighted by atomic mass is 10.1. The Hall–Kier alpha value is -2.44. The first-order valence-corrected chi connectivity index (χ1v) is 7.06. The molecular formula is C15H7Cl2FN2O3. The number of nitrogens with zero attached hydrogens (tertiary/aromatic N) is 1. The Balaban J connectivity index is 2.39. The topological polar surface area (TPSA) is 83.0 Å². The van der Waals surface area contributed by atoms with Gasteiger partial charge in [0, 0.05) is 0 Å². The molecule has 0 aliphatic rings. The summed E-state index contributed by atoms with van der Waals surface area (Å²) in [5.41, 5.74) is -0.772. The first-order chi connectivity index (χ1) is 10.9. The van der Waals surface area contributed by atoms with Crippen LogP contribution in [0, 0.1) is 5.82 Å². The summed E-state index contributed by atoms with van der Waals surface area (Å²) in [6.45, 7) is 0. The lowest BCUT2D eigenvalue weighted by molar-refractivity contribution is 0.0696. The molecule has 0 aliphatic heterocycles. The zero-order chi connectivity index (χ0) is 16.7. The number of carbonyl (C=O) groups is 1. The van der Waals surface area contributed by atoms with E-state index in [9.17, 15) is 14.0 Å². The van der Waals surface area contributed by atoms with Gasteiger partial charge < -0.3 is 10.1 Å². The van der Waals surface area contributed by atoms with Gasteiger partial charge in [-0.15, -0.1) is 0 Å². The standard InChI is InChI=1S/C15H7Cl2FN2O3/c16-11-7(15(22)23)5-8(18)12(17)10(11)13-19-9-4-2-1-3-6(9)14(21)20-13/h1-5H,(H,22,23)(H,19,20,21). The van der Waals surface area contributed by atoms with Gasteiger partial charge in [0.15, 0.2) is 0 Å². The van der Waals surface area contributed by atoms with Crippen molar-refractivity contribution in [3.63, 3.8) is 0 Å². The Bertz CT molecular complexity index is 1020. The minimum absolute atomic E-state index is 0.106. The maximum Gasteiger partial charge on any atom is 0.337 e. The lowest BCUT2D eigenvalue weighted by Gasteiger charge is -2.10. The highest BCUT2D eigenvalue weighted by Gasteiger charge is 2.22. The number of fused-ring (bicyclic) bond motifs is 1. The first kappa shape index (κ1) is 15.5. The monoisotopic (exact) mass is 352 g/mol. The number of hydrogen-bond acceptors (Lipinski definition) is 3. The van der Waals surface area contributed by atoms with E-state index in [0.717, 1.165) is 6.07 Å². The first-order valence-electron chi connectivity index (χ1n) is 6.30. The highest BCUT2D eigenvalue weighted by atomic mass is 35.5. The normalized spacial score (nSPS) is 10.9. The van der Waals surface area contributed by atoms with Crippen molar-refractivity contribution in [2.45, 2.75) is 0 Å². The Labute approximate surface area is 138 Å². The molecule has 8 heteroatoms. The number of carboxylic acid groups (broad SMARTS) is 1. The molecule has 0 bridgehead atoms. The third-order valence-electron chi connectivity index (χ3n) is 3.24. The van der Waals surface area contributed by atoms with Gasteiger partial charge in [-0.3, -0.25) is 4.79 Å². The number of aromatic carboxylic acids is 1. The van der Waals surface area contributed by atoms with Gasteiger partial charge in [-0.05, 0) is 18.2 Å². The molecule has 0 aliphatic carbocycles. The zero-order valence-corrected chi connectivity index (χ0v) is 12.7. The number of carboxylic acids is 1. The molecule has 3 aromatic rings. The van der Waals surface area contributed by atoms with Crippen molar-refractivity contribution < 1.29 is 14.3 Å². The van der Waals surface area contributed by atoms with Crippen LogP contribution in [0.2, 0.25) is 10.0 Å². The smallest absolute Gasteiger partial charge is 0.337 e. The van der Waals surface area contributed by atoms with Crippen LogP contribution in [0.3, 0.4) is 0 Å². The van der Waals surface area contributed by atoms with E-state index >= 15 is 0 Å². The maximum atomic E-state index is 13.9. The lowest BCUT2D eigenvalue weighted by Crippen LogP contribution is -2.11. The molecule has 5 nitrogen and oxygen atoms in total. The van der Waals surface area contributed by atoms with Gasteiger partial charge in [0.2, 0.25) is 0 Å². The molecule has 0 saturated carbocycles. The highest BCUT2D eigenvalue weighted by Crippen LogP contribution is 2.37. The fourth-order valence-electron chi connectivity index (χ4n) is 2.17. The highest BCUT2D eigenvalue weighted by molar-refractivity contribution is 6.40. The quantitative estimate of drug-likeness (QED) is 0.688. The molecule has 3 rings (SSSR count). The predicted octanol–water partition coefficient (Wildman–Crippen LogP) is 3.73. The van der Waals surface area contributed by atoms with Gasteiger partial charge in [0.05, 0.1) is 32.1 Å². The van der Waals surface area contributed by atoms with Gasteiger partial charge >= 0.3 is 5.97 Å². The number of para-hydroxylation sites is 1. The largest absolute Gasteiger partial charge is 0.478 e. The van der Waals surface area contributed by atoms with Gasteiger partial charge in [-0.2, -0.15) is 0 Å². The Kier molecular flexibility index (Phi) is 3.79. The van der Waals surface area contributed by atoms with Crippen LogP contribution in [0.5, 0.6) is 0 Å². The van der Waals surface area contributed by atoms with E-state index in [0.29, 0.717) is 10.9 Å². The second kappa shape index (κ2) is 5.64. The number of H-pyrrole nitrogens is 1. The number of aromatic nitrogens is 2. The summed E-state index contributed by atoms with van der Waals surface area (Å²) in [5.74, 6) is -2.50. The summed E-state index contributed by atoms with van der Waals surface area (Å²) in [4.78, 5) is 29.9. The molecule has 0 spiro atoms. The molecule has 1 aromatic heterocycles. The van der Waals surface area contributed by atoms with Crippen LogP contribution in [-0.4, -0.2) is 21.0 Å². The SMILES string of the molecule is O=C(O)c1cc(F)c(Cl)c(-c2nc3ccccc3c(=O)[nH]2)c1Cl. The van der Waals surface area contributed by atoms with E-state index in [1.165, 1.54) is 0 Å². The molecule has 0 radical (unpaired) electrons. The average Bonchev–Trinajstić information content (AvgIpc) is 2.51. The summed E-state index contributed by atoms with van der Waals surface area (Å²) in [7, 11) is 0. The molecule has 0 atom stereocenters. The van der Waals surface area contributed by atoms with Crippen LogP contribution < -0.4 is 5.56 Å². The number of benzene rings is 2. The zero-order valence-electron chi connectivity index (χ0n) is 11.2. The van der Waals surface area contributed by atoms with E-state index in [1.807, 2.05) is 0 Å². The third kappa shape index (κ3) is 2.56. The molecule has 0 fully saturated rings. The van der Waals surface area contributed by atoms with E-state index < -0.39 is 27.9 Å². The molecule has 0 unspecified atom stereocenters. The van der Waals surface area contributed by atoms with Crippen LogP contribution in [0.25, 0.3) is 22.3 Å². The fraction of sp³-hybridized carbons (Fsp3) is 0. The van der Waals surface area contributed by atoms with Crippen LogP contribution in [0.1, 0.15) is 10.4 Å². The molecule has 23 heavy (non-hydrogen) atoms. The van der Waals surface area contributed by atoms with Crippen LogP contribution in [-0.2, 0) is 0 Å². The van der Waals surface area contributed by atoms with E-state index in [2.05, 4.69) is 9.97 Å². The van der Waals surface area contributed by atoms with Crippen molar-refractivity contribution in [2.24, 2.45) is 0 Å². The molecule has 0 saturated heterocycles. The summed E-state index contributed by atoms with van der Waals surface area (Å²) >= 11 is 11.9. The number of halogens is 3. The van der Waals surface area contributed by atoms with E-state index in [-0.39, 0.29) is 16.4 Å². The van der Waals surface area contributed by atoms with Crippen molar-refractivity contribution >= 4 is 40.1 Å². The molecular weight excluding hydrogens is 346 g/mol. The fourth-order valence-corrected chi connectivity index (χ4v) is 2.78. The minimum Gasteiger partial charge on any atom is -0.478 e. The van der Waals surface area contributed by atoms with Crippen LogP contribution in [0.4, 0.5) is 4.39 Å². The second-order valence-electron chi connectivity index (χ2n) is 4.65. The van der Waals surface area contributed by atoms with Crippen LogP contribution in [0.15, 0.2) is 35.1 Å². The Morgan fingerprint density at radius 2 is 1.91 bits per heavy atom. The molecule has 116 valence electrons. The predicted molar refractivity (Wildman–Crippen MR) is 84.7 cm³/mol. The van der Waals surface area contributed by atoms with Gasteiger partial charge in [0.25, 0.3) is 5.56 Å². The summed E-state index contributed by atoms with van der Waals surface area (Å²) < 4.78 is 13.9. The van der Waals surface area contributed by atoms with Crippen molar-refractivity contribution in [3.8, 4) is 11.4 Å². The van der Waals surface area contributed by atoms with E-state index in [1.54, 1.807) is 24.3 Å². The van der Waals surface area contributed by atoms with Gasteiger partial charge in [-0.1, -0.05) is 35.3 Å². The van der Waals surface area contributed by atoms with Gasteiger partial charge in [-0.25, -0.2) is 14.2 Å². The van der Waals surface area contributed by atoms with Crippen LogP contribution >= 0.6 is 23.2 Å². The summed E-state index contributed by atoms with van der Waals surface area (Å²) in [6, 6.07) is 7.23. The maximum absolute atomic E-state index is 13.9. The molecule has 2 aromatic carbocycles. The number of aromatic amines is 1. The number of hydrogen-bond donors (Lipinski definition) is 2. The van der Waals surface area contributed by atoms with Crippen molar-refractivity contribution in [1.29, 1.82) is 0 Å². The second-order valence-corrected chi connectivity index (χ2v) is 5.40. The third-order valence-corrected chi connectivity index (χ3v) is 4.00. The Morgan fingerprint density at radius 1 is 1.22 bits per heavy atom. The summed E-state index contributed by atoms with van der Waals surface area (Å²) in [6.07, 6.45) is 0.